The van der Waals surface area contributed by atoms with E-state index in [4.69, 9.17) is 4.74 Å². The van der Waals surface area contributed by atoms with Crippen LogP contribution >= 0.6 is 0 Å². The number of hydrogen-bond acceptors (Lipinski definition) is 7. The summed E-state index contributed by atoms with van der Waals surface area (Å²) in [5.74, 6) is -3.22. The van der Waals surface area contributed by atoms with E-state index in [2.05, 4.69) is 4.90 Å². The van der Waals surface area contributed by atoms with E-state index in [1.165, 1.54) is 11.0 Å². The van der Waals surface area contributed by atoms with Crippen LogP contribution in [0.4, 0.5) is 11.4 Å². The summed E-state index contributed by atoms with van der Waals surface area (Å²) in [5, 5.41) is 11.1. The molecule has 1 N–H and O–H groups in total. The molecule has 4 unspecified atom stereocenters. The van der Waals surface area contributed by atoms with Crippen molar-refractivity contribution in [3.63, 3.8) is 0 Å². The van der Waals surface area contributed by atoms with Gasteiger partial charge in [0.15, 0.2) is 11.6 Å². The molecular weight excluding hydrogens is 532 g/mol. The van der Waals surface area contributed by atoms with E-state index in [1.807, 2.05) is 36.4 Å². The van der Waals surface area contributed by atoms with Gasteiger partial charge in [0.05, 0.1) is 30.7 Å². The van der Waals surface area contributed by atoms with Gasteiger partial charge in [0, 0.05) is 47.0 Å². The predicted molar refractivity (Wildman–Crippen MR) is 156 cm³/mol. The maximum atomic E-state index is 14.1. The fourth-order valence-electron chi connectivity index (χ4n) is 7.54. The van der Waals surface area contributed by atoms with Gasteiger partial charge >= 0.3 is 0 Å². The summed E-state index contributed by atoms with van der Waals surface area (Å²) in [6.07, 6.45) is 3.91. The highest BCUT2D eigenvalue weighted by Gasteiger charge is 2.56. The quantitative estimate of drug-likeness (QED) is 0.339. The number of ether oxygens (including phenoxy) is 1. The molecule has 214 valence electrons. The van der Waals surface area contributed by atoms with Gasteiger partial charge in [-0.1, -0.05) is 29.8 Å². The molecule has 2 aromatic carbocycles. The topological polar surface area (TPSA) is 104 Å². The molecule has 0 saturated carbocycles. The number of allylic oxidation sites excluding steroid dienone is 6. The van der Waals surface area contributed by atoms with E-state index in [0.29, 0.717) is 53.2 Å². The molecule has 0 aromatic heterocycles. The van der Waals surface area contributed by atoms with Crippen LogP contribution in [0.2, 0.25) is 0 Å². The molecule has 8 nitrogen and oxygen atoms in total. The average molecular weight is 565 g/mol. The molecule has 2 heterocycles. The van der Waals surface area contributed by atoms with E-state index in [0.717, 1.165) is 24.4 Å². The number of morpholine rings is 1. The first kappa shape index (κ1) is 26.6. The smallest absolute Gasteiger partial charge is 0.238 e. The number of imide groups is 1. The number of hydrogen-bond donors (Lipinski definition) is 1. The number of carbonyl (C=O) groups excluding carboxylic acids is 4. The van der Waals surface area contributed by atoms with Crippen molar-refractivity contribution >= 4 is 34.8 Å². The molecule has 2 aromatic rings. The normalized spacial score (nSPS) is 27.5. The van der Waals surface area contributed by atoms with Gasteiger partial charge in [-0.2, -0.15) is 0 Å². The Kier molecular flexibility index (Phi) is 6.27. The van der Waals surface area contributed by atoms with Crippen LogP contribution in [0.3, 0.4) is 0 Å². The monoisotopic (exact) mass is 564 g/mol. The van der Waals surface area contributed by atoms with Crippen LogP contribution in [0.15, 0.2) is 76.9 Å². The van der Waals surface area contributed by atoms with Crippen molar-refractivity contribution in [3.05, 3.63) is 88.0 Å². The summed E-state index contributed by atoms with van der Waals surface area (Å²) in [4.78, 5) is 58.3. The van der Waals surface area contributed by atoms with Crippen LogP contribution in [0.5, 0.6) is 5.75 Å². The Morgan fingerprint density at radius 2 is 1.60 bits per heavy atom. The Balaban J connectivity index is 1.28. The third-order valence-corrected chi connectivity index (χ3v) is 9.63. The van der Waals surface area contributed by atoms with E-state index in [9.17, 15) is 24.3 Å². The van der Waals surface area contributed by atoms with Crippen molar-refractivity contribution in [1.29, 1.82) is 0 Å². The number of fused-ring (bicyclic) bond motifs is 3. The van der Waals surface area contributed by atoms with E-state index in [-0.39, 0.29) is 35.6 Å². The SMILES string of the molecule is CC1=CC(=O)C2=C(CC3C(=CCC4C(=O)N(c5ccc(N6CCOCC6)cc5)C(=O)C43)C2c2cccc(C)c2O)C1=O. The van der Waals surface area contributed by atoms with Gasteiger partial charge in [-0.15, -0.1) is 0 Å². The Morgan fingerprint density at radius 1 is 0.881 bits per heavy atom. The molecule has 42 heavy (non-hydrogen) atoms. The zero-order chi connectivity index (χ0) is 29.3. The number of nitrogens with zero attached hydrogens (tertiary/aromatic N) is 2. The molecule has 2 aliphatic heterocycles. The lowest BCUT2D eigenvalue weighted by molar-refractivity contribution is -0.123. The molecule has 5 aliphatic rings. The number of aromatic hydroxyl groups is 1. The van der Waals surface area contributed by atoms with Crippen LogP contribution in [0, 0.1) is 24.7 Å². The molecule has 0 spiro atoms. The second-order valence-corrected chi connectivity index (χ2v) is 11.9. The summed E-state index contributed by atoms with van der Waals surface area (Å²) in [5.41, 5.74) is 4.70. The number of phenolic OH excluding ortho intramolecular Hbond substituents is 1. The van der Waals surface area contributed by atoms with Crippen molar-refractivity contribution in [2.75, 3.05) is 36.1 Å². The lowest BCUT2D eigenvalue weighted by atomic mass is 9.59. The summed E-state index contributed by atoms with van der Waals surface area (Å²) in [7, 11) is 0. The zero-order valence-electron chi connectivity index (χ0n) is 23.6. The largest absolute Gasteiger partial charge is 0.507 e. The third-order valence-electron chi connectivity index (χ3n) is 9.63. The fourth-order valence-corrected chi connectivity index (χ4v) is 7.54. The first-order valence-electron chi connectivity index (χ1n) is 14.6. The minimum absolute atomic E-state index is 0.0698. The van der Waals surface area contributed by atoms with E-state index >= 15 is 0 Å². The van der Waals surface area contributed by atoms with Crippen molar-refractivity contribution in [2.24, 2.45) is 17.8 Å². The van der Waals surface area contributed by atoms with E-state index in [1.54, 1.807) is 26.0 Å². The van der Waals surface area contributed by atoms with Gasteiger partial charge < -0.3 is 14.7 Å². The number of benzene rings is 2. The van der Waals surface area contributed by atoms with Gasteiger partial charge in [0.2, 0.25) is 11.8 Å². The Hall–Kier alpha value is -4.30. The Labute approximate surface area is 243 Å². The molecule has 3 aliphatic carbocycles. The first-order valence-corrected chi connectivity index (χ1v) is 14.6. The molecule has 7 rings (SSSR count). The molecule has 2 fully saturated rings. The van der Waals surface area contributed by atoms with Gasteiger partial charge in [0.1, 0.15) is 5.75 Å². The maximum absolute atomic E-state index is 14.1. The molecule has 2 saturated heterocycles. The summed E-state index contributed by atoms with van der Waals surface area (Å²) in [6, 6.07) is 12.9. The summed E-state index contributed by atoms with van der Waals surface area (Å²) >= 11 is 0. The second-order valence-electron chi connectivity index (χ2n) is 11.9. The molecular formula is C34H32N2O6. The first-order chi connectivity index (χ1) is 20.3. The van der Waals surface area contributed by atoms with Crippen molar-refractivity contribution in [1.82, 2.24) is 0 Å². The van der Waals surface area contributed by atoms with Crippen molar-refractivity contribution in [3.8, 4) is 5.75 Å². The van der Waals surface area contributed by atoms with E-state index < -0.39 is 23.7 Å². The molecule has 2 amide bonds. The molecule has 4 atom stereocenters. The van der Waals surface area contributed by atoms with Crippen LogP contribution < -0.4 is 9.80 Å². The minimum Gasteiger partial charge on any atom is -0.507 e. The molecule has 0 radical (unpaired) electrons. The maximum Gasteiger partial charge on any atom is 0.238 e. The highest BCUT2D eigenvalue weighted by molar-refractivity contribution is 6.25. The van der Waals surface area contributed by atoms with Crippen molar-refractivity contribution in [2.45, 2.75) is 32.6 Å². The lowest BCUT2D eigenvalue weighted by Gasteiger charge is -2.42. The Morgan fingerprint density at radius 3 is 2.33 bits per heavy atom. The highest BCUT2D eigenvalue weighted by Crippen LogP contribution is 2.56. The number of para-hydroxylation sites is 1. The lowest BCUT2D eigenvalue weighted by Crippen LogP contribution is -2.39. The molecule has 0 bridgehead atoms. The number of Topliss-reactive ketones (excluding diaryl/α,β-unsaturated/α-hetero) is 1. The highest BCUT2D eigenvalue weighted by atomic mass is 16.5. The number of carbonyl (C=O) groups is 4. The molecule has 8 heteroatoms. The number of amides is 2. The van der Waals surface area contributed by atoms with Crippen molar-refractivity contribution < 1.29 is 29.0 Å². The summed E-state index contributed by atoms with van der Waals surface area (Å²) < 4.78 is 5.45. The zero-order valence-corrected chi connectivity index (χ0v) is 23.6. The van der Waals surface area contributed by atoms with Gasteiger partial charge in [-0.05, 0) is 68.5 Å². The van der Waals surface area contributed by atoms with Crippen LogP contribution in [-0.2, 0) is 23.9 Å². The predicted octanol–water partition coefficient (Wildman–Crippen LogP) is 4.17. The third kappa shape index (κ3) is 3.92. The van der Waals surface area contributed by atoms with Crippen LogP contribution in [0.1, 0.15) is 36.8 Å². The number of aryl methyl sites for hydroxylation is 1. The van der Waals surface area contributed by atoms with Gasteiger partial charge in [-0.25, -0.2) is 0 Å². The van der Waals surface area contributed by atoms with Crippen LogP contribution in [0.25, 0.3) is 0 Å². The Bertz CT molecular complexity index is 1640. The number of ketones is 2. The summed E-state index contributed by atoms with van der Waals surface area (Å²) in [6.45, 7) is 6.31. The van der Waals surface area contributed by atoms with Crippen LogP contribution in [-0.4, -0.2) is 54.8 Å². The average Bonchev–Trinajstić information content (AvgIpc) is 3.26. The van der Waals surface area contributed by atoms with Gasteiger partial charge in [-0.3, -0.25) is 24.1 Å². The number of phenols is 1. The second kappa shape index (κ2) is 9.91. The fraction of sp³-hybridized carbons (Fsp3) is 0.353. The number of rotatable bonds is 3. The standard InChI is InChI=1S/C34H32N2O6/c1-18-4-3-5-23(31(18)38)28-22-10-11-24-29(25(22)17-26-30(28)27(37)16-19(2)32(26)39)34(41)36(33(24)40)21-8-6-20(7-9-21)35-12-14-42-15-13-35/h3-10,16,24-25,28-29,38H,11-15,17H2,1-2H3. The number of anilines is 2. The minimum atomic E-state index is -0.662. The van der Waals surface area contributed by atoms with Gasteiger partial charge in [0.25, 0.3) is 0 Å².